The van der Waals surface area contributed by atoms with Gasteiger partial charge < -0.3 is 5.11 Å². The Balaban J connectivity index is 1.69. The molecule has 9 nitrogen and oxygen atoms in total. The normalized spacial score (nSPS) is 22.1. The van der Waals surface area contributed by atoms with Crippen LogP contribution in [0.2, 0.25) is 0 Å². The summed E-state index contributed by atoms with van der Waals surface area (Å²) >= 11 is 0. The molecule has 2 aliphatic rings. The van der Waals surface area contributed by atoms with Crippen LogP contribution < -0.4 is 10.2 Å². The quantitative estimate of drug-likeness (QED) is 0.751. The van der Waals surface area contributed by atoms with Gasteiger partial charge in [-0.15, -0.1) is 0 Å². The van der Waals surface area contributed by atoms with Crippen molar-refractivity contribution in [3.05, 3.63) is 23.5 Å². The number of benzene rings is 1. The molecule has 2 fully saturated rings. The number of urea groups is 1. The lowest BCUT2D eigenvalue weighted by Gasteiger charge is -2.38. The number of nitrogens with zero attached hydrogens (tertiary/aromatic N) is 4. The molecule has 4 rings (SSSR count). The van der Waals surface area contributed by atoms with Crippen molar-refractivity contribution in [2.45, 2.75) is 24.7 Å². The van der Waals surface area contributed by atoms with Crippen LogP contribution in [0.15, 0.2) is 12.1 Å². The second kappa shape index (κ2) is 7.52. The van der Waals surface area contributed by atoms with Crippen LogP contribution in [-0.4, -0.2) is 69.8 Å². The molecule has 1 atom stereocenters. The standard InChI is InChI=1S/C19H20F3N5O4/c1-25-14-7-10(12-2-4-26(8-16(29)30)9-19(12,21)22)13(20)6-11(14)17(24-25)27-5-3-15(28)23-18(27)31/h6-7,12H,2-5,8-9H2,1H3,(H,29,30)(H,23,28,31). The summed E-state index contributed by atoms with van der Waals surface area (Å²) in [6.45, 7) is -1.11. The number of anilines is 1. The third-order valence-electron chi connectivity index (χ3n) is 5.67. The Kier molecular flexibility index (Phi) is 5.12. The summed E-state index contributed by atoms with van der Waals surface area (Å²) in [7, 11) is 1.55. The number of aromatic nitrogens is 2. The molecule has 0 spiro atoms. The molecule has 2 N–H and O–H groups in total. The summed E-state index contributed by atoms with van der Waals surface area (Å²) < 4.78 is 46.0. The number of amides is 3. The van der Waals surface area contributed by atoms with Crippen molar-refractivity contribution in [1.82, 2.24) is 20.0 Å². The number of imide groups is 1. The number of fused-ring (bicyclic) bond motifs is 1. The van der Waals surface area contributed by atoms with Crippen LogP contribution in [0.3, 0.4) is 0 Å². The highest BCUT2D eigenvalue weighted by atomic mass is 19.3. The zero-order valence-corrected chi connectivity index (χ0v) is 16.6. The molecule has 0 aliphatic carbocycles. The minimum Gasteiger partial charge on any atom is -0.480 e. The molecule has 3 heterocycles. The predicted octanol–water partition coefficient (Wildman–Crippen LogP) is 1.67. The van der Waals surface area contributed by atoms with E-state index in [1.54, 1.807) is 7.05 Å². The van der Waals surface area contributed by atoms with Gasteiger partial charge in [-0.2, -0.15) is 5.10 Å². The van der Waals surface area contributed by atoms with Gasteiger partial charge in [0.2, 0.25) is 5.91 Å². The lowest BCUT2D eigenvalue weighted by Crippen LogP contribution is -2.49. The average Bonchev–Trinajstić information content (AvgIpc) is 2.96. The molecule has 2 saturated heterocycles. The number of piperidine rings is 1. The summed E-state index contributed by atoms with van der Waals surface area (Å²) in [5.74, 6) is -7.09. The molecule has 12 heteroatoms. The number of aryl methyl sites for hydroxylation is 1. The van der Waals surface area contributed by atoms with Gasteiger partial charge >= 0.3 is 12.0 Å². The van der Waals surface area contributed by atoms with E-state index in [9.17, 15) is 23.2 Å². The first-order chi connectivity index (χ1) is 14.6. The van der Waals surface area contributed by atoms with Gasteiger partial charge in [0.15, 0.2) is 5.82 Å². The van der Waals surface area contributed by atoms with Crippen LogP contribution in [0.25, 0.3) is 10.9 Å². The Hall–Kier alpha value is -3.15. The first-order valence-corrected chi connectivity index (χ1v) is 9.66. The molecule has 0 saturated carbocycles. The molecule has 2 aromatic rings. The SMILES string of the molecule is Cn1nc(N2CCC(=O)NC2=O)c2cc(F)c(C3CCN(CC(=O)O)CC3(F)F)cc21. The summed E-state index contributed by atoms with van der Waals surface area (Å²) in [5, 5.41) is 15.5. The Labute approximate surface area is 174 Å². The van der Waals surface area contributed by atoms with Gasteiger partial charge in [-0.1, -0.05) is 0 Å². The smallest absolute Gasteiger partial charge is 0.329 e. The Morgan fingerprint density at radius 1 is 1.32 bits per heavy atom. The van der Waals surface area contributed by atoms with Gasteiger partial charge in [-0.3, -0.25) is 29.4 Å². The van der Waals surface area contributed by atoms with Gasteiger partial charge in [0, 0.05) is 25.4 Å². The zero-order chi connectivity index (χ0) is 22.5. The van der Waals surface area contributed by atoms with E-state index in [0.29, 0.717) is 5.52 Å². The highest BCUT2D eigenvalue weighted by molar-refractivity contribution is 6.08. The maximum Gasteiger partial charge on any atom is 0.329 e. The molecule has 31 heavy (non-hydrogen) atoms. The number of carbonyl (C=O) groups is 3. The predicted molar refractivity (Wildman–Crippen MR) is 103 cm³/mol. The largest absolute Gasteiger partial charge is 0.480 e. The third kappa shape index (κ3) is 3.82. The van der Waals surface area contributed by atoms with Crippen molar-refractivity contribution in [3.8, 4) is 0 Å². The second-order valence-corrected chi connectivity index (χ2v) is 7.80. The number of hydrogen-bond donors (Lipinski definition) is 2. The maximum absolute atomic E-state index is 15.0. The number of carboxylic acids is 1. The van der Waals surface area contributed by atoms with Crippen molar-refractivity contribution in [3.63, 3.8) is 0 Å². The van der Waals surface area contributed by atoms with Crippen LogP contribution >= 0.6 is 0 Å². The molecule has 1 unspecified atom stereocenters. The highest BCUT2D eigenvalue weighted by Crippen LogP contribution is 2.43. The summed E-state index contributed by atoms with van der Waals surface area (Å²) in [6.07, 6.45) is -0.0461. The van der Waals surface area contributed by atoms with E-state index in [1.807, 2.05) is 0 Å². The summed E-state index contributed by atoms with van der Waals surface area (Å²) in [4.78, 5) is 36.7. The van der Waals surface area contributed by atoms with E-state index in [4.69, 9.17) is 5.11 Å². The van der Waals surface area contributed by atoms with Crippen LogP contribution in [0.5, 0.6) is 0 Å². The monoisotopic (exact) mass is 439 g/mol. The molecule has 1 aromatic carbocycles. The highest BCUT2D eigenvalue weighted by Gasteiger charge is 2.46. The molecule has 1 aromatic heterocycles. The van der Waals surface area contributed by atoms with E-state index in [2.05, 4.69) is 10.4 Å². The van der Waals surface area contributed by atoms with E-state index in [0.717, 1.165) is 11.0 Å². The lowest BCUT2D eigenvalue weighted by molar-refractivity contribution is -0.142. The van der Waals surface area contributed by atoms with Crippen molar-refractivity contribution in [1.29, 1.82) is 0 Å². The van der Waals surface area contributed by atoms with E-state index < -0.39 is 48.7 Å². The number of halogens is 3. The first-order valence-electron chi connectivity index (χ1n) is 9.66. The van der Waals surface area contributed by atoms with Crippen LogP contribution in [0, 0.1) is 5.82 Å². The third-order valence-corrected chi connectivity index (χ3v) is 5.67. The number of hydrogen-bond acceptors (Lipinski definition) is 5. The van der Waals surface area contributed by atoms with Crippen molar-refractivity contribution in [2.75, 3.05) is 31.1 Å². The number of carbonyl (C=O) groups excluding carboxylic acids is 2. The number of rotatable bonds is 4. The molecule has 3 amide bonds. The average molecular weight is 439 g/mol. The molecule has 0 radical (unpaired) electrons. The van der Waals surface area contributed by atoms with Crippen molar-refractivity contribution < 1.29 is 32.7 Å². The van der Waals surface area contributed by atoms with Gasteiger partial charge in [-0.05, 0) is 30.7 Å². The van der Waals surface area contributed by atoms with Gasteiger partial charge in [0.05, 0.1) is 24.5 Å². The fourth-order valence-electron chi connectivity index (χ4n) is 4.23. The topological polar surface area (TPSA) is 108 Å². The second-order valence-electron chi connectivity index (χ2n) is 7.80. The van der Waals surface area contributed by atoms with E-state index in [1.165, 1.54) is 15.6 Å². The van der Waals surface area contributed by atoms with E-state index >= 15 is 4.39 Å². The number of carboxylic acid groups (broad SMARTS) is 1. The summed E-state index contributed by atoms with van der Waals surface area (Å²) in [5.41, 5.74) is 0.181. The van der Waals surface area contributed by atoms with Crippen LogP contribution in [0.4, 0.5) is 23.8 Å². The Morgan fingerprint density at radius 3 is 2.71 bits per heavy atom. The number of aliphatic carboxylic acids is 1. The molecular formula is C19H20F3N5O4. The van der Waals surface area contributed by atoms with Gasteiger partial charge in [0.25, 0.3) is 5.92 Å². The number of nitrogens with one attached hydrogen (secondary N) is 1. The maximum atomic E-state index is 15.0. The minimum absolute atomic E-state index is 0.0610. The van der Waals surface area contributed by atoms with Crippen molar-refractivity contribution in [2.24, 2.45) is 7.05 Å². The molecular weight excluding hydrogens is 419 g/mol. The van der Waals surface area contributed by atoms with Crippen molar-refractivity contribution >= 4 is 34.6 Å². The van der Waals surface area contributed by atoms with E-state index in [-0.39, 0.29) is 42.7 Å². The van der Waals surface area contributed by atoms with Gasteiger partial charge in [0.1, 0.15) is 5.82 Å². The van der Waals surface area contributed by atoms with Gasteiger partial charge in [-0.25, -0.2) is 18.0 Å². The van der Waals surface area contributed by atoms with Crippen LogP contribution in [0.1, 0.15) is 24.3 Å². The molecule has 2 aliphatic heterocycles. The molecule has 0 bridgehead atoms. The lowest BCUT2D eigenvalue weighted by atomic mass is 9.85. The first kappa shape index (κ1) is 21.1. The zero-order valence-electron chi connectivity index (χ0n) is 16.6. The summed E-state index contributed by atoms with van der Waals surface area (Å²) in [6, 6.07) is 1.70. The van der Waals surface area contributed by atoms with Crippen LogP contribution in [-0.2, 0) is 16.6 Å². The fraction of sp³-hybridized carbons (Fsp3) is 0.474. The Morgan fingerprint density at radius 2 is 2.06 bits per heavy atom. The minimum atomic E-state index is -3.32. The number of likely N-dealkylation sites (tertiary alicyclic amines) is 1. The molecule has 166 valence electrons. The number of alkyl halides is 2. The Bertz CT molecular complexity index is 1090. The fourth-order valence-corrected chi connectivity index (χ4v) is 4.23.